The number of halogens is 2. The molecule has 0 unspecified atom stereocenters. The number of imidazole rings is 1. The molecule has 0 radical (unpaired) electrons. The van der Waals surface area contributed by atoms with Gasteiger partial charge in [-0.05, 0) is 24.3 Å². The van der Waals surface area contributed by atoms with Crippen molar-refractivity contribution in [1.82, 2.24) is 9.55 Å². The van der Waals surface area contributed by atoms with E-state index >= 15 is 0 Å². The first-order chi connectivity index (χ1) is 10.6. The Morgan fingerprint density at radius 3 is 2.55 bits per heavy atom. The van der Waals surface area contributed by atoms with Crippen LogP contribution < -0.4 is 5.32 Å². The second-order valence-electron chi connectivity index (χ2n) is 4.57. The summed E-state index contributed by atoms with van der Waals surface area (Å²) in [5.74, 6) is -2.45. The van der Waals surface area contributed by atoms with Gasteiger partial charge < -0.3 is 5.32 Å². The van der Waals surface area contributed by atoms with Crippen molar-refractivity contribution >= 4 is 11.6 Å². The number of amides is 1. The minimum absolute atomic E-state index is 0.171. The van der Waals surface area contributed by atoms with E-state index in [1.54, 1.807) is 4.57 Å². The molecule has 1 aromatic heterocycles. The van der Waals surface area contributed by atoms with Crippen LogP contribution in [0.25, 0.3) is 5.69 Å². The predicted octanol–water partition coefficient (Wildman–Crippen LogP) is 3.40. The van der Waals surface area contributed by atoms with Crippen molar-refractivity contribution in [2.75, 3.05) is 5.32 Å². The van der Waals surface area contributed by atoms with Gasteiger partial charge in [0.1, 0.15) is 5.69 Å². The average molecular weight is 299 g/mol. The van der Waals surface area contributed by atoms with Crippen molar-refractivity contribution in [2.24, 2.45) is 0 Å². The molecule has 0 aliphatic rings. The van der Waals surface area contributed by atoms with Gasteiger partial charge in [0.25, 0.3) is 5.91 Å². The van der Waals surface area contributed by atoms with Gasteiger partial charge in [0.05, 0.1) is 12.5 Å². The van der Waals surface area contributed by atoms with Gasteiger partial charge in [-0.1, -0.05) is 18.2 Å². The lowest BCUT2D eigenvalue weighted by Gasteiger charge is -2.09. The van der Waals surface area contributed by atoms with Gasteiger partial charge in [0, 0.05) is 17.4 Å². The highest BCUT2D eigenvalue weighted by molar-refractivity contribution is 6.03. The predicted molar refractivity (Wildman–Crippen MR) is 77.9 cm³/mol. The summed E-state index contributed by atoms with van der Waals surface area (Å²) in [6.07, 6.45) is 2.91. The van der Waals surface area contributed by atoms with E-state index in [4.69, 9.17) is 0 Å². The lowest BCUT2D eigenvalue weighted by atomic mass is 10.2. The van der Waals surface area contributed by atoms with Gasteiger partial charge in [0.15, 0.2) is 11.6 Å². The maximum Gasteiger partial charge on any atom is 0.274 e. The van der Waals surface area contributed by atoms with E-state index in [0.717, 1.165) is 17.8 Å². The Hall–Kier alpha value is -3.02. The summed E-state index contributed by atoms with van der Waals surface area (Å²) in [6, 6.07) is 12.4. The van der Waals surface area contributed by atoms with Crippen LogP contribution in [0.15, 0.2) is 61.1 Å². The molecule has 0 spiro atoms. The Balaban J connectivity index is 1.87. The second kappa shape index (κ2) is 5.77. The van der Waals surface area contributed by atoms with Crippen LogP contribution in [0.3, 0.4) is 0 Å². The first-order valence-corrected chi connectivity index (χ1v) is 6.49. The molecule has 1 N–H and O–H groups in total. The number of aromatic nitrogens is 2. The summed E-state index contributed by atoms with van der Waals surface area (Å²) in [7, 11) is 0. The maximum atomic E-state index is 13.2. The van der Waals surface area contributed by atoms with E-state index in [1.165, 1.54) is 18.6 Å². The maximum absolute atomic E-state index is 13.2. The van der Waals surface area contributed by atoms with Crippen molar-refractivity contribution in [1.29, 1.82) is 0 Å². The topological polar surface area (TPSA) is 46.9 Å². The van der Waals surface area contributed by atoms with Crippen LogP contribution in [0.5, 0.6) is 0 Å². The Labute approximate surface area is 125 Å². The Bertz CT molecular complexity index is 815. The minimum atomic E-state index is -1.02. The van der Waals surface area contributed by atoms with Crippen LogP contribution in [0.4, 0.5) is 14.5 Å². The number of hydrogen-bond donors (Lipinski definition) is 1. The first kappa shape index (κ1) is 13.9. The number of hydrogen-bond acceptors (Lipinski definition) is 2. The minimum Gasteiger partial charge on any atom is -0.321 e. The van der Waals surface area contributed by atoms with Gasteiger partial charge in [-0.25, -0.2) is 13.8 Å². The summed E-state index contributed by atoms with van der Waals surface area (Å²) in [6.45, 7) is 0. The molecule has 3 rings (SSSR count). The number of nitrogens with one attached hydrogen (secondary N) is 1. The second-order valence-corrected chi connectivity index (χ2v) is 4.57. The number of benzene rings is 2. The van der Waals surface area contributed by atoms with Crippen LogP contribution in [-0.2, 0) is 0 Å². The molecule has 110 valence electrons. The normalized spacial score (nSPS) is 10.5. The number of rotatable bonds is 3. The lowest BCUT2D eigenvalue weighted by molar-refractivity contribution is 0.102. The van der Waals surface area contributed by atoms with E-state index in [1.807, 2.05) is 30.3 Å². The molecule has 0 saturated carbocycles. The van der Waals surface area contributed by atoms with Crippen LogP contribution in [0.1, 0.15) is 10.5 Å². The van der Waals surface area contributed by atoms with Gasteiger partial charge in [-0.15, -0.1) is 0 Å². The summed E-state index contributed by atoms with van der Waals surface area (Å²) in [5.41, 5.74) is 1.23. The molecular formula is C16H11F2N3O. The molecule has 0 bridgehead atoms. The molecule has 0 fully saturated rings. The largest absolute Gasteiger partial charge is 0.321 e. The van der Waals surface area contributed by atoms with Gasteiger partial charge in [0.2, 0.25) is 0 Å². The Morgan fingerprint density at radius 1 is 1.05 bits per heavy atom. The molecule has 1 amide bonds. The summed E-state index contributed by atoms with van der Waals surface area (Å²) < 4.78 is 27.7. The zero-order valence-electron chi connectivity index (χ0n) is 11.3. The van der Waals surface area contributed by atoms with Crippen LogP contribution in [0, 0.1) is 11.6 Å². The van der Waals surface area contributed by atoms with Crippen molar-refractivity contribution in [2.45, 2.75) is 0 Å². The lowest BCUT2D eigenvalue weighted by Crippen LogP contribution is -2.16. The number of carbonyl (C=O) groups excluding carboxylic acids is 1. The van der Waals surface area contributed by atoms with Crippen molar-refractivity contribution in [3.8, 4) is 5.69 Å². The highest BCUT2D eigenvalue weighted by atomic mass is 19.2. The van der Waals surface area contributed by atoms with E-state index in [-0.39, 0.29) is 11.4 Å². The average Bonchev–Trinajstić information content (AvgIpc) is 3.01. The number of anilines is 1. The highest BCUT2D eigenvalue weighted by Gasteiger charge is 2.14. The molecular weight excluding hydrogens is 288 g/mol. The number of nitrogens with zero attached hydrogens (tertiary/aromatic N) is 2. The molecule has 3 aromatic rings. The fourth-order valence-electron chi connectivity index (χ4n) is 2.03. The van der Waals surface area contributed by atoms with Gasteiger partial charge in [-0.2, -0.15) is 0 Å². The van der Waals surface area contributed by atoms with E-state index in [9.17, 15) is 13.6 Å². The van der Waals surface area contributed by atoms with E-state index in [2.05, 4.69) is 10.3 Å². The third-order valence-electron chi connectivity index (χ3n) is 3.08. The SMILES string of the molecule is O=C(Nc1ccc(F)c(F)c1)c1cncn1-c1ccccc1. The van der Waals surface area contributed by atoms with Crippen molar-refractivity contribution < 1.29 is 13.6 Å². The fourth-order valence-corrected chi connectivity index (χ4v) is 2.03. The number of carbonyl (C=O) groups is 1. The molecule has 22 heavy (non-hydrogen) atoms. The first-order valence-electron chi connectivity index (χ1n) is 6.49. The zero-order valence-corrected chi connectivity index (χ0v) is 11.3. The van der Waals surface area contributed by atoms with Crippen LogP contribution >= 0.6 is 0 Å². The number of para-hydroxylation sites is 1. The molecule has 0 aliphatic carbocycles. The Morgan fingerprint density at radius 2 is 1.82 bits per heavy atom. The fraction of sp³-hybridized carbons (Fsp3) is 0. The molecule has 0 atom stereocenters. The third-order valence-corrected chi connectivity index (χ3v) is 3.08. The van der Waals surface area contributed by atoms with Crippen molar-refractivity contribution in [3.05, 3.63) is 78.4 Å². The molecule has 6 heteroatoms. The highest BCUT2D eigenvalue weighted by Crippen LogP contribution is 2.16. The molecule has 2 aromatic carbocycles. The standard InChI is InChI=1S/C16H11F2N3O/c17-13-7-6-11(8-14(13)18)20-16(22)15-9-19-10-21(15)12-4-2-1-3-5-12/h1-10H,(H,20,22). The van der Waals surface area contributed by atoms with Gasteiger partial charge >= 0.3 is 0 Å². The zero-order chi connectivity index (χ0) is 15.5. The molecule has 1 heterocycles. The van der Waals surface area contributed by atoms with Crippen molar-refractivity contribution in [3.63, 3.8) is 0 Å². The summed E-state index contributed by atoms with van der Waals surface area (Å²) >= 11 is 0. The summed E-state index contributed by atoms with van der Waals surface area (Å²) in [5, 5.41) is 2.52. The smallest absolute Gasteiger partial charge is 0.274 e. The monoisotopic (exact) mass is 299 g/mol. The molecule has 0 aliphatic heterocycles. The van der Waals surface area contributed by atoms with Gasteiger partial charge in [-0.3, -0.25) is 9.36 Å². The quantitative estimate of drug-likeness (QED) is 0.805. The van der Waals surface area contributed by atoms with E-state index in [0.29, 0.717) is 0 Å². The van der Waals surface area contributed by atoms with Crippen LogP contribution in [0.2, 0.25) is 0 Å². The Kier molecular flexibility index (Phi) is 3.65. The van der Waals surface area contributed by atoms with Crippen LogP contribution in [-0.4, -0.2) is 15.5 Å². The summed E-state index contributed by atoms with van der Waals surface area (Å²) in [4.78, 5) is 16.2. The third kappa shape index (κ3) is 2.71. The van der Waals surface area contributed by atoms with E-state index < -0.39 is 17.5 Å². The molecule has 0 saturated heterocycles. The molecule has 4 nitrogen and oxygen atoms in total.